The second-order valence-corrected chi connectivity index (χ2v) is 5.54. The Labute approximate surface area is 124 Å². The maximum Gasteiger partial charge on any atom is 0.227 e. The number of piperazine rings is 1. The summed E-state index contributed by atoms with van der Waals surface area (Å²) in [6, 6.07) is 1.98. The van der Waals surface area contributed by atoms with E-state index in [4.69, 9.17) is 4.42 Å². The van der Waals surface area contributed by atoms with Gasteiger partial charge in [-0.25, -0.2) is 4.98 Å². The number of imidazole rings is 1. The van der Waals surface area contributed by atoms with Crippen LogP contribution in [-0.4, -0.2) is 51.9 Å². The lowest BCUT2D eigenvalue weighted by atomic mass is 10.1. The molecule has 21 heavy (non-hydrogen) atoms. The minimum absolute atomic E-state index is 0.142. The molecule has 0 radical (unpaired) electrons. The Morgan fingerprint density at radius 3 is 2.95 bits per heavy atom. The molecule has 2 aromatic heterocycles. The van der Waals surface area contributed by atoms with Gasteiger partial charge in [0, 0.05) is 39.1 Å². The summed E-state index contributed by atoms with van der Waals surface area (Å²) < 4.78 is 7.04. The summed E-state index contributed by atoms with van der Waals surface area (Å²) in [4.78, 5) is 21.0. The predicted octanol–water partition coefficient (Wildman–Crippen LogP) is 1.07. The molecule has 1 aliphatic rings. The first-order valence-corrected chi connectivity index (χ1v) is 7.11. The van der Waals surface area contributed by atoms with Crippen molar-refractivity contribution in [1.82, 2.24) is 19.4 Å². The molecule has 3 heterocycles. The molecular formula is C15H20N4O2. The van der Waals surface area contributed by atoms with E-state index in [9.17, 15) is 4.79 Å². The molecule has 1 saturated heterocycles. The molecule has 1 amide bonds. The highest BCUT2D eigenvalue weighted by Crippen LogP contribution is 2.22. The zero-order valence-corrected chi connectivity index (χ0v) is 12.4. The number of hydrogen-bond donors (Lipinski definition) is 0. The number of furan rings is 1. The van der Waals surface area contributed by atoms with Gasteiger partial charge in [-0.15, -0.1) is 0 Å². The first-order chi connectivity index (χ1) is 10.1. The van der Waals surface area contributed by atoms with E-state index in [-0.39, 0.29) is 11.9 Å². The van der Waals surface area contributed by atoms with Gasteiger partial charge < -0.3 is 13.9 Å². The largest absolute Gasteiger partial charge is 0.472 e. The molecule has 0 spiro atoms. The normalized spacial score (nSPS) is 19.9. The monoisotopic (exact) mass is 288 g/mol. The number of hydrogen-bond acceptors (Lipinski definition) is 4. The Hall–Kier alpha value is -2.08. The number of aryl methyl sites for hydroxylation is 1. The summed E-state index contributed by atoms with van der Waals surface area (Å²) in [5.41, 5.74) is 0.924. The average Bonchev–Trinajstić information content (AvgIpc) is 3.11. The minimum atomic E-state index is 0.142. The molecule has 1 atom stereocenters. The Morgan fingerprint density at radius 1 is 1.43 bits per heavy atom. The highest BCUT2D eigenvalue weighted by Gasteiger charge is 2.30. The number of aromatic nitrogens is 2. The third kappa shape index (κ3) is 2.85. The molecule has 0 aliphatic carbocycles. The third-order valence-corrected chi connectivity index (χ3v) is 4.09. The molecule has 0 bridgehead atoms. The van der Waals surface area contributed by atoms with Crippen LogP contribution >= 0.6 is 0 Å². The zero-order valence-electron chi connectivity index (χ0n) is 12.4. The predicted molar refractivity (Wildman–Crippen MR) is 77.6 cm³/mol. The van der Waals surface area contributed by atoms with E-state index in [1.54, 1.807) is 18.7 Å². The molecule has 6 nitrogen and oxygen atoms in total. The molecule has 6 heteroatoms. The second-order valence-electron chi connectivity index (χ2n) is 5.54. The van der Waals surface area contributed by atoms with E-state index in [0.717, 1.165) is 24.5 Å². The summed E-state index contributed by atoms with van der Waals surface area (Å²) in [5.74, 6) is 1.14. The Balaban J connectivity index is 1.70. The summed E-state index contributed by atoms with van der Waals surface area (Å²) >= 11 is 0. The summed E-state index contributed by atoms with van der Waals surface area (Å²) in [7, 11) is 4.07. The Kier molecular flexibility index (Phi) is 3.79. The van der Waals surface area contributed by atoms with Crippen molar-refractivity contribution in [1.29, 1.82) is 0 Å². The van der Waals surface area contributed by atoms with E-state index in [0.29, 0.717) is 13.0 Å². The first kappa shape index (κ1) is 13.9. The second kappa shape index (κ2) is 5.73. The van der Waals surface area contributed by atoms with Crippen molar-refractivity contribution >= 4 is 5.91 Å². The van der Waals surface area contributed by atoms with E-state index in [2.05, 4.69) is 16.9 Å². The van der Waals surface area contributed by atoms with Gasteiger partial charge in [-0.05, 0) is 18.7 Å². The number of nitrogens with zero attached hydrogens (tertiary/aromatic N) is 4. The maximum absolute atomic E-state index is 12.4. The minimum Gasteiger partial charge on any atom is -0.472 e. The summed E-state index contributed by atoms with van der Waals surface area (Å²) in [6.45, 7) is 2.29. The summed E-state index contributed by atoms with van der Waals surface area (Å²) in [5, 5.41) is 0. The van der Waals surface area contributed by atoms with Crippen LogP contribution in [0.2, 0.25) is 0 Å². The zero-order chi connectivity index (χ0) is 14.8. The fourth-order valence-electron chi connectivity index (χ4n) is 2.76. The van der Waals surface area contributed by atoms with Crippen LogP contribution < -0.4 is 0 Å². The quantitative estimate of drug-likeness (QED) is 0.848. The topological polar surface area (TPSA) is 54.5 Å². The lowest BCUT2D eigenvalue weighted by Crippen LogP contribution is -2.50. The van der Waals surface area contributed by atoms with E-state index in [1.165, 1.54) is 0 Å². The molecule has 1 aliphatic heterocycles. The van der Waals surface area contributed by atoms with Gasteiger partial charge >= 0.3 is 0 Å². The molecule has 1 unspecified atom stereocenters. The third-order valence-electron chi connectivity index (χ3n) is 4.09. The van der Waals surface area contributed by atoms with Gasteiger partial charge in [-0.1, -0.05) is 0 Å². The van der Waals surface area contributed by atoms with Gasteiger partial charge in [-0.3, -0.25) is 9.69 Å². The lowest BCUT2D eigenvalue weighted by molar-refractivity contribution is -0.133. The van der Waals surface area contributed by atoms with Crippen molar-refractivity contribution in [2.75, 3.05) is 26.7 Å². The molecule has 0 N–H and O–H groups in total. The van der Waals surface area contributed by atoms with Crippen LogP contribution in [0.15, 0.2) is 35.4 Å². The van der Waals surface area contributed by atoms with Crippen LogP contribution in [-0.2, 0) is 18.3 Å². The van der Waals surface area contributed by atoms with Crippen LogP contribution in [0.5, 0.6) is 0 Å². The van der Waals surface area contributed by atoms with E-state index >= 15 is 0 Å². The van der Waals surface area contributed by atoms with Crippen LogP contribution in [0, 0.1) is 0 Å². The lowest BCUT2D eigenvalue weighted by Gasteiger charge is -2.39. The van der Waals surface area contributed by atoms with Crippen molar-refractivity contribution < 1.29 is 9.21 Å². The fourth-order valence-corrected chi connectivity index (χ4v) is 2.76. The molecule has 3 rings (SSSR count). The molecule has 0 saturated carbocycles. The maximum atomic E-state index is 12.4. The van der Waals surface area contributed by atoms with Gasteiger partial charge in [0.15, 0.2) is 0 Å². The van der Waals surface area contributed by atoms with Crippen LogP contribution in [0.4, 0.5) is 0 Å². The molecular weight excluding hydrogens is 268 g/mol. The van der Waals surface area contributed by atoms with Gasteiger partial charge in [-0.2, -0.15) is 0 Å². The first-order valence-electron chi connectivity index (χ1n) is 7.11. The van der Waals surface area contributed by atoms with Crippen LogP contribution in [0.3, 0.4) is 0 Å². The number of rotatable bonds is 3. The van der Waals surface area contributed by atoms with E-state index in [1.807, 2.05) is 28.8 Å². The standard InChI is InChI=1S/C15H20N4O2/c1-17-6-7-19(14(20)9-12-3-8-21-11-12)10-13(17)15-16-4-5-18(15)2/h3-5,8,11,13H,6-7,9-10H2,1-2H3. The number of carbonyl (C=O) groups is 1. The van der Waals surface area contributed by atoms with Crippen molar-refractivity contribution in [2.24, 2.45) is 7.05 Å². The molecule has 1 fully saturated rings. The highest BCUT2D eigenvalue weighted by atomic mass is 16.3. The SMILES string of the molecule is CN1CCN(C(=O)Cc2ccoc2)CC1c1nccn1C. The molecule has 2 aromatic rings. The summed E-state index contributed by atoms with van der Waals surface area (Å²) in [6.07, 6.45) is 7.37. The average molecular weight is 288 g/mol. The van der Waals surface area contributed by atoms with Gasteiger partial charge in [0.2, 0.25) is 5.91 Å². The van der Waals surface area contributed by atoms with Crippen molar-refractivity contribution in [3.63, 3.8) is 0 Å². The highest BCUT2D eigenvalue weighted by molar-refractivity contribution is 5.78. The Bertz CT molecular complexity index is 605. The molecule has 112 valence electrons. The Morgan fingerprint density at radius 2 is 2.29 bits per heavy atom. The van der Waals surface area contributed by atoms with Crippen LogP contribution in [0.25, 0.3) is 0 Å². The van der Waals surface area contributed by atoms with Crippen molar-refractivity contribution in [2.45, 2.75) is 12.5 Å². The van der Waals surface area contributed by atoms with Crippen LogP contribution in [0.1, 0.15) is 17.4 Å². The number of carbonyl (C=O) groups excluding carboxylic acids is 1. The van der Waals surface area contributed by atoms with Crippen molar-refractivity contribution in [3.05, 3.63) is 42.4 Å². The van der Waals surface area contributed by atoms with Gasteiger partial charge in [0.25, 0.3) is 0 Å². The smallest absolute Gasteiger partial charge is 0.227 e. The van der Waals surface area contributed by atoms with E-state index < -0.39 is 0 Å². The van der Waals surface area contributed by atoms with Gasteiger partial charge in [0.1, 0.15) is 5.82 Å². The number of amides is 1. The molecule has 0 aromatic carbocycles. The fraction of sp³-hybridized carbons (Fsp3) is 0.467. The number of likely N-dealkylation sites (N-methyl/N-ethyl adjacent to an activating group) is 1. The van der Waals surface area contributed by atoms with Crippen molar-refractivity contribution in [3.8, 4) is 0 Å². The van der Waals surface area contributed by atoms with Gasteiger partial charge in [0.05, 0.1) is 25.0 Å².